The molecule has 0 aromatic heterocycles. The molecule has 0 unspecified atom stereocenters. The number of benzene rings is 1. The highest BCUT2D eigenvalue weighted by Gasteiger charge is 2.14. The van der Waals surface area contributed by atoms with Crippen molar-refractivity contribution in [3.8, 4) is 0 Å². The van der Waals surface area contributed by atoms with Crippen LogP contribution in [0.5, 0.6) is 0 Å². The van der Waals surface area contributed by atoms with Crippen LogP contribution in [0.2, 0.25) is 0 Å². The first-order chi connectivity index (χ1) is 8.15. The van der Waals surface area contributed by atoms with Crippen LogP contribution in [0.1, 0.15) is 10.4 Å². The van der Waals surface area contributed by atoms with E-state index in [0.717, 1.165) is 0 Å². The fourth-order valence-corrected chi connectivity index (χ4v) is 1.46. The highest BCUT2D eigenvalue weighted by molar-refractivity contribution is 7.80. The Morgan fingerprint density at radius 3 is 2.47 bits per heavy atom. The lowest BCUT2D eigenvalue weighted by Gasteiger charge is -2.12. The number of rotatable bonds is 6. The molecule has 17 heavy (non-hydrogen) atoms. The predicted octanol–water partition coefficient (Wildman–Crippen LogP) is 0.346. The van der Waals surface area contributed by atoms with Crippen molar-refractivity contribution in [2.24, 2.45) is 0 Å². The van der Waals surface area contributed by atoms with Crippen molar-refractivity contribution in [1.82, 2.24) is 10.6 Å². The van der Waals surface area contributed by atoms with Crippen LogP contribution in [0.4, 0.5) is 0 Å². The van der Waals surface area contributed by atoms with Crippen LogP contribution in [0.25, 0.3) is 0 Å². The van der Waals surface area contributed by atoms with Gasteiger partial charge in [0.25, 0.3) is 5.91 Å². The molecule has 5 nitrogen and oxygen atoms in total. The number of hydrogen-bond donors (Lipinski definition) is 4. The van der Waals surface area contributed by atoms with Gasteiger partial charge in [-0.15, -0.1) is 0 Å². The smallest absolute Gasteiger partial charge is 0.321 e. The van der Waals surface area contributed by atoms with E-state index in [0.29, 0.717) is 5.56 Å². The summed E-state index contributed by atoms with van der Waals surface area (Å²) in [6.07, 6.45) is 0. The molecule has 1 aromatic rings. The van der Waals surface area contributed by atoms with Crippen LogP contribution in [-0.2, 0) is 4.79 Å². The summed E-state index contributed by atoms with van der Waals surface area (Å²) in [4.78, 5) is 22.2. The topological polar surface area (TPSA) is 78.4 Å². The number of amides is 1. The van der Waals surface area contributed by atoms with Gasteiger partial charge in [0.15, 0.2) is 0 Å². The van der Waals surface area contributed by atoms with Gasteiger partial charge in [0.1, 0.15) is 6.04 Å². The summed E-state index contributed by atoms with van der Waals surface area (Å²) >= 11 is 3.89. The van der Waals surface area contributed by atoms with Crippen molar-refractivity contribution in [3.63, 3.8) is 0 Å². The van der Waals surface area contributed by atoms with E-state index in [1.54, 1.807) is 24.3 Å². The van der Waals surface area contributed by atoms with Gasteiger partial charge < -0.3 is 10.4 Å². The summed E-state index contributed by atoms with van der Waals surface area (Å²) < 4.78 is 0. The maximum Gasteiger partial charge on any atom is 0.321 e. The summed E-state index contributed by atoms with van der Waals surface area (Å²) in [6, 6.07) is 7.93. The average molecular weight is 254 g/mol. The van der Waals surface area contributed by atoms with Crippen LogP contribution in [-0.4, -0.2) is 35.4 Å². The zero-order chi connectivity index (χ0) is 12.7. The summed E-state index contributed by atoms with van der Waals surface area (Å²) in [6.45, 7) is 0.0885. The largest absolute Gasteiger partial charge is 0.480 e. The molecular formula is C11H14N2O3S. The fourth-order valence-electron chi connectivity index (χ4n) is 1.18. The summed E-state index contributed by atoms with van der Waals surface area (Å²) in [5, 5.41) is 14.0. The van der Waals surface area contributed by atoms with E-state index in [2.05, 4.69) is 23.3 Å². The first kappa shape index (κ1) is 13.5. The molecule has 92 valence electrons. The third kappa shape index (κ3) is 4.46. The van der Waals surface area contributed by atoms with E-state index in [1.807, 2.05) is 6.07 Å². The molecule has 1 aromatic carbocycles. The summed E-state index contributed by atoms with van der Waals surface area (Å²) in [5.41, 5.74) is 0.534. The summed E-state index contributed by atoms with van der Waals surface area (Å²) in [7, 11) is 0. The monoisotopic (exact) mass is 254 g/mol. The molecule has 1 rings (SSSR count). The van der Waals surface area contributed by atoms with Crippen LogP contribution in [0.15, 0.2) is 30.3 Å². The Kier molecular flexibility index (Phi) is 5.51. The van der Waals surface area contributed by atoms with Crippen molar-refractivity contribution in [2.75, 3.05) is 12.4 Å². The van der Waals surface area contributed by atoms with Crippen LogP contribution < -0.4 is 10.6 Å². The normalized spacial score (nSPS) is 11.8. The molecule has 6 heteroatoms. The molecule has 1 atom stereocenters. The van der Waals surface area contributed by atoms with Gasteiger partial charge in [-0.25, -0.2) is 0 Å². The molecule has 0 radical (unpaired) electrons. The van der Waals surface area contributed by atoms with E-state index in [1.165, 1.54) is 0 Å². The fraction of sp³-hybridized carbons (Fsp3) is 0.273. The number of hydrogen-bond acceptors (Lipinski definition) is 4. The van der Waals surface area contributed by atoms with Gasteiger partial charge in [-0.3, -0.25) is 14.9 Å². The van der Waals surface area contributed by atoms with Crippen molar-refractivity contribution in [1.29, 1.82) is 0 Å². The highest BCUT2D eigenvalue weighted by Crippen LogP contribution is 1.97. The lowest BCUT2D eigenvalue weighted by Crippen LogP contribution is -2.44. The van der Waals surface area contributed by atoms with Crippen molar-refractivity contribution < 1.29 is 14.7 Å². The Morgan fingerprint density at radius 2 is 1.94 bits per heavy atom. The quantitative estimate of drug-likeness (QED) is 0.436. The number of carboxylic acid groups (broad SMARTS) is 1. The van der Waals surface area contributed by atoms with Gasteiger partial charge in [0, 0.05) is 11.3 Å². The van der Waals surface area contributed by atoms with Gasteiger partial charge in [-0.05, 0) is 12.1 Å². The number of carbonyl (C=O) groups excluding carboxylic acids is 1. The maximum atomic E-state index is 11.6. The second-order valence-electron chi connectivity index (χ2n) is 3.33. The minimum absolute atomic E-state index is 0.0885. The lowest BCUT2D eigenvalue weighted by molar-refractivity contribution is -0.138. The molecule has 1 amide bonds. The van der Waals surface area contributed by atoms with E-state index in [9.17, 15) is 9.59 Å². The zero-order valence-electron chi connectivity index (χ0n) is 9.09. The molecule has 0 fully saturated rings. The van der Waals surface area contributed by atoms with Gasteiger partial charge >= 0.3 is 5.97 Å². The highest BCUT2D eigenvalue weighted by atomic mass is 32.1. The third-order valence-electron chi connectivity index (χ3n) is 2.11. The summed E-state index contributed by atoms with van der Waals surface area (Å²) in [5.74, 6) is -1.08. The molecule has 0 saturated carbocycles. The number of carboxylic acids is 1. The van der Waals surface area contributed by atoms with Gasteiger partial charge in [-0.1, -0.05) is 18.2 Å². The van der Waals surface area contributed by atoms with E-state index >= 15 is 0 Å². The number of thiol groups is 1. The van der Waals surface area contributed by atoms with Gasteiger partial charge in [0.2, 0.25) is 0 Å². The first-order valence-corrected chi connectivity index (χ1v) is 5.68. The third-order valence-corrected chi connectivity index (χ3v) is 2.48. The van der Waals surface area contributed by atoms with E-state index in [4.69, 9.17) is 5.11 Å². The number of aliphatic carboxylic acids is 1. The molecule has 0 spiro atoms. The van der Waals surface area contributed by atoms with Crippen molar-refractivity contribution in [2.45, 2.75) is 6.04 Å². The molecular weight excluding hydrogens is 240 g/mol. The van der Waals surface area contributed by atoms with Crippen molar-refractivity contribution in [3.05, 3.63) is 35.9 Å². The average Bonchev–Trinajstić information content (AvgIpc) is 2.35. The standard InChI is InChI=1S/C11H14N2O3S/c14-10(8-4-2-1-3-5-8)13-7-12-9(6-17)11(15)16/h1-5,9,12,17H,6-7H2,(H,13,14)(H,15,16)/t9-/m0/s1. The molecule has 0 heterocycles. The van der Waals surface area contributed by atoms with Gasteiger partial charge in [0.05, 0.1) is 6.67 Å². The Bertz CT molecular complexity index is 384. The van der Waals surface area contributed by atoms with Crippen LogP contribution in [0, 0.1) is 0 Å². The SMILES string of the molecule is O=C(NCN[C@@H](CS)C(=O)O)c1ccccc1. The molecule has 0 aliphatic rings. The second-order valence-corrected chi connectivity index (χ2v) is 3.69. The maximum absolute atomic E-state index is 11.6. The molecule has 0 aliphatic heterocycles. The first-order valence-electron chi connectivity index (χ1n) is 5.05. The van der Waals surface area contributed by atoms with Crippen LogP contribution >= 0.6 is 12.6 Å². The Balaban J connectivity index is 2.37. The second kappa shape index (κ2) is 6.93. The molecule has 0 bridgehead atoms. The lowest BCUT2D eigenvalue weighted by atomic mass is 10.2. The minimum Gasteiger partial charge on any atom is -0.480 e. The number of nitrogens with one attached hydrogen (secondary N) is 2. The van der Waals surface area contributed by atoms with E-state index < -0.39 is 12.0 Å². The van der Waals surface area contributed by atoms with E-state index in [-0.39, 0.29) is 18.3 Å². The minimum atomic E-state index is -0.992. The van der Waals surface area contributed by atoms with Crippen LogP contribution in [0.3, 0.4) is 0 Å². The Labute approximate surface area is 105 Å². The Hall–Kier alpha value is -1.53. The molecule has 0 saturated heterocycles. The molecule has 3 N–H and O–H groups in total. The number of carbonyl (C=O) groups is 2. The Morgan fingerprint density at radius 1 is 1.29 bits per heavy atom. The van der Waals surface area contributed by atoms with Gasteiger partial charge in [-0.2, -0.15) is 12.6 Å². The predicted molar refractivity (Wildman–Crippen MR) is 67.2 cm³/mol. The zero-order valence-corrected chi connectivity index (χ0v) is 9.98. The molecule has 0 aliphatic carbocycles. The van der Waals surface area contributed by atoms with Crippen molar-refractivity contribution >= 4 is 24.5 Å².